The van der Waals surface area contributed by atoms with Crippen LogP contribution in [0.1, 0.15) is 61.6 Å². The van der Waals surface area contributed by atoms with Crippen LogP contribution in [0.25, 0.3) is 0 Å². The maximum absolute atomic E-state index is 4.18. The Hall–Kier alpha value is -1.57. The lowest BCUT2D eigenvalue weighted by Gasteiger charge is -2.21. The van der Waals surface area contributed by atoms with Crippen molar-refractivity contribution in [2.24, 2.45) is 0 Å². The van der Waals surface area contributed by atoms with Crippen molar-refractivity contribution in [2.45, 2.75) is 65.3 Å². The lowest BCUT2D eigenvalue weighted by Crippen LogP contribution is -2.10. The molecule has 0 radical (unpaired) electrons. The number of imidazole rings is 1. The molecule has 0 bridgehead atoms. The van der Waals surface area contributed by atoms with Crippen LogP contribution in [0, 0.1) is 13.8 Å². The standard InChI is InChI=1S/C19H28N2/c1-4-5-6-7-8-18(14-21-12-11-20-15-21)19-13-16(2)9-10-17(19)3/h9-13,15,18H,4-8,14H2,1-3H3. The van der Waals surface area contributed by atoms with Crippen molar-refractivity contribution in [3.8, 4) is 0 Å². The summed E-state index contributed by atoms with van der Waals surface area (Å²) in [5.74, 6) is 0.593. The summed E-state index contributed by atoms with van der Waals surface area (Å²) in [5, 5.41) is 0. The van der Waals surface area contributed by atoms with Crippen LogP contribution in [-0.4, -0.2) is 9.55 Å². The molecule has 2 heteroatoms. The second kappa shape index (κ2) is 8.02. The van der Waals surface area contributed by atoms with Crippen LogP contribution in [0.2, 0.25) is 0 Å². The fourth-order valence-corrected chi connectivity index (χ4v) is 3.01. The molecule has 1 heterocycles. The Labute approximate surface area is 129 Å². The van der Waals surface area contributed by atoms with Gasteiger partial charge < -0.3 is 4.57 Å². The topological polar surface area (TPSA) is 17.8 Å². The molecule has 0 aliphatic rings. The number of hydrogen-bond donors (Lipinski definition) is 0. The van der Waals surface area contributed by atoms with E-state index >= 15 is 0 Å². The zero-order chi connectivity index (χ0) is 15.1. The molecule has 0 amide bonds. The van der Waals surface area contributed by atoms with Crippen molar-refractivity contribution in [2.75, 3.05) is 0 Å². The summed E-state index contributed by atoms with van der Waals surface area (Å²) >= 11 is 0. The fraction of sp³-hybridized carbons (Fsp3) is 0.526. The van der Waals surface area contributed by atoms with Crippen LogP contribution in [0.5, 0.6) is 0 Å². The van der Waals surface area contributed by atoms with Gasteiger partial charge in [-0.25, -0.2) is 4.98 Å². The van der Waals surface area contributed by atoms with E-state index in [9.17, 15) is 0 Å². The SMILES string of the molecule is CCCCCCC(Cn1ccnc1)c1cc(C)ccc1C. The number of hydrogen-bond acceptors (Lipinski definition) is 1. The van der Waals surface area contributed by atoms with Crippen molar-refractivity contribution >= 4 is 0 Å². The van der Waals surface area contributed by atoms with E-state index in [0.29, 0.717) is 5.92 Å². The fourth-order valence-electron chi connectivity index (χ4n) is 3.01. The molecule has 0 aliphatic heterocycles. The highest BCUT2D eigenvalue weighted by molar-refractivity contribution is 5.33. The average molecular weight is 284 g/mol. The minimum atomic E-state index is 0.593. The third-order valence-corrected chi connectivity index (χ3v) is 4.27. The lowest BCUT2D eigenvalue weighted by molar-refractivity contribution is 0.490. The Bertz CT molecular complexity index is 529. The van der Waals surface area contributed by atoms with Gasteiger partial charge in [0.2, 0.25) is 0 Å². The van der Waals surface area contributed by atoms with E-state index in [0.717, 1.165) is 6.54 Å². The van der Waals surface area contributed by atoms with Gasteiger partial charge in [-0.3, -0.25) is 0 Å². The summed E-state index contributed by atoms with van der Waals surface area (Å²) in [6.07, 6.45) is 12.5. The first-order chi connectivity index (χ1) is 10.2. The predicted molar refractivity (Wildman–Crippen MR) is 89.6 cm³/mol. The predicted octanol–water partition coefficient (Wildman–Crippen LogP) is 5.25. The minimum Gasteiger partial charge on any atom is -0.337 e. The molecule has 0 aliphatic carbocycles. The van der Waals surface area contributed by atoms with Gasteiger partial charge in [0, 0.05) is 24.9 Å². The Balaban J connectivity index is 2.11. The molecule has 1 unspecified atom stereocenters. The van der Waals surface area contributed by atoms with Gasteiger partial charge in [0.15, 0.2) is 0 Å². The molecule has 0 saturated heterocycles. The molecular weight excluding hydrogens is 256 g/mol. The lowest BCUT2D eigenvalue weighted by atomic mass is 9.89. The first-order valence-electron chi connectivity index (χ1n) is 8.23. The van der Waals surface area contributed by atoms with Crippen molar-refractivity contribution < 1.29 is 0 Å². The molecule has 114 valence electrons. The van der Waals surface area contributed by atoms with Crippen LogP contribution in [0.15, 0.2) is 36.9 Å². The van der Waals surface area contributed by atoms with Crippen molar-refractivity contribution in [1.82, 2.24) is 9.55 Å². The van der Waals surface area contributed by atoms with Crippen molar-refractivity contribution in [1.29, 1.82) is 0 Å². The van der Waals surface area contributed by atoms with Crippen LogP contribution in [0.3, 0.4) is 0 Å². The Morgan fingerprint density at radius 3 is 2.71 bits per heavy atom. The van der Waals surface area contributed by atoms with Crippen molar-refractivity contribution in [3.05, 3.63) is 53.6 Å². The van der Waals surface area contributed by atoms with Crippen LogP contribution < -0.4 is 0 Å². The average Bonchev–Trinajstić information content (AvgIpc) is 2.98. The summed E-state index contributed by atoms with van der Waals surface area (Å²) in [5.41, 5.74) is 4.29. The van der Waals surface area contributed by atoms with E-state index in [1.54, 1.807) is 0 Å². The molecule has 0 fully saturated rings. The summed E-state index contributed by atoms with van der Waals surface area (Å²) in [6, 6.07) is 6.85. The van der Waals surface area contributed by atoms with E-state index in [1.165, 1.54) is 48.8 Å². The Morgan fingerprint density at radius 1 is 1.14 bits per heavy atom. The van der Waals surface area contributed by atoms with E-state index in [-0.39, 0.29) is 0 Å². The summed E-state index contributed by atoms with van der Waals surface area (Å²) in [4.78, 5) is 4.18. The number of aryl methyl sites for hydroxylation is 2. The van der Waals surface area contributed by atoms with Gasteiger partial charge in [0.05, 0.1) is 6.33 Å². The van der Waals surface area contributed by atoms with E-state index in [1.807, 2.05) is 12.5 Å². The smallest absolute Gasteiger partial charge is 0.0946 e. The third kappa shape index (κ3) is 4.73. The molecule has 0 N–H and O–H groups in total. The molecule has 0 spiro atoms. The molecule has 1 atom stereocenters. The molecule has 2 aromatic rings. The number of rotatable bonds is 8. The maximum Gasteiger partial charge on any atom is 0.0946 e. The monoisotopic (exact) mass is 284 g/mol. The first-order valence-corrected chi connectivity index (χ1v) is 8.23. The molecule has 1 aromatic heterocycles. The maximum atomic E-state index is 4.18. The van der Waals surface area contributed by atoms with Gasteiger partial charge in [0.1, 0.15) is 0 Å². The molecule has 2 nitrogen and oxygen atoms in total. The van der Waals surface area contributed by atoms with Gasteiger partial charge in [-0.05, 0) is 31.4 Å². The quantitative estimate of drug-likeness (QED) is 0.605. The van der Waals surface area contributed by atoms with Crippen LogP contribution >= 0.6 is 0 Å². The molecule has 1 aromatic carbocycles. The zero-order valence-corrected chi connectivity index (χ0v) is 13.7. The number of unbranched alkanes of at least 4 members (excludes halogenated alkanes) is 3. The van der Waals surface area contributed by atoms with Gasteiger partial charge in [-0.1, -0.05) is 56.4 Å². The van der Waals surface area contributed by atoms with Crippen molar-refractivity contribution in [3.63, 3.8) is 0 Å². The summed E-state index contributed by atoms with van der Waals surface area (Å²) in [7, 11) is 0. The third-order valence-electron chi connectivity index (χ3n) is 4.27. The second-order valence-corrected chi connectivity index (χ2v) is 6.17. The summed E-state index contributed by atoms with van der Waals surface area (Å²) in [6.45, 7) is 7.74. The minimum absolute atomic E-state index is 0.593. The molecule has 2 rings (SSSR count). The second-order valence-electron chi connectivity index (χ2n) is 6.17. The number of nitrogens with zero attached hydrogens (tertiary/aromatic N) is 2. The van der Waals surface area contributed by atoms with Gasteiger partial charge >= 0.3 is 0 Å². The largest absolute Gasteiger partial charge is 0.337 e. The first kappa shape index (κ1) is 15.8. The highest BCUT2D eigenvalue weighted by atomic mass is 15.0. The Morgan fingerprint density at radius 2 is 2.00 bits per heavy atom. The summed E-state index contributed by atoms with van der Waals surface area (Å²) < 4.78 is 2.21. The van der Waals surface area contributed by atoms with E-state index in [2.05, 4.69) is 54.7 Å². The highest BCUT2D eigenvalue weighted by Crippen LogP contribution is 2.28. The van der Waals surface area contributed by atoms with E-state index in [4.69, 9.17) is 0 Å². The Kier molecular flexibility index (Phi) is 6.04. The number of benzene rings is 1. The molecule has 0 saturated carbocycles. The molecular formula is C19H28N2. The molecule has 21 heavy (non-hydrogen) atoms. The van der Waals surface area contributed by atoms with Gasteiger partial charge in [-0.2, -0.15) is 0 Å². The highest BCUT2D eigenvalue weighted by Gasteiger charge is 2.14. The van der Waals surface area contributed by atoms with E-state index < -0.39 is 0 Å². The van der Waals surface area contributed by atoms with Crippen LogP contribution in [-0.2, 0) is 6.54 Å². The normalized spacial score (nSPS) is 12.5. The number of aromatic nitrogens is 2. The zero-order valence-electron chi connectivity index (χ0n) is 13.7. The van der Waals surface area contributed by atoms with Gasteiger partial charge in [-0.15, -0.1) is 0 Å². The van der Waals surface area contributed by atoms with Gasteiger partial charge in [0.25, 0.3) is 0 Å². The van der Waals surface area contributed by atoms with Crippen LogP contribution in [0.4, 0.5) is 0 Å².